The molecule has 0 aromatic carbocycles. The lowest BCUT2D eigenvalue weighted by Crippen LogP contribution is -2.50. The van der Waals surface area contributed by atoms with Crippen molar-refractivity contribution in [2.45, 2.75) is 59.4 Å². The van der Waals surface area contributed by atoms with Gasteiger partial charge in [-0.05, 0) is 69.6 Å². The molecule has 1 atom stereocenters. The van der Waals surface area contributed by atoms with Crippen LogP contribution < -0.4 is 5.32 Å². The lowest BCUT2D eigenvalue weighted by Gasteiger charge is -2.48. The maximum atomic E-state index is 3.50. The number of piperidine rings is 2. The van der Waals surface area contributed by atoms with Crippen LogP contribution in [0.3, 0.4) is 0 Å². The van der Waals surface area contributed by atoms with Gasteiger partial charge in [0.2, 0.25) is 0 Å². The van der Waals surface area contributed by atoms with E-state index in [4.69, 9.17) is 0 Å². The summed E-state index contributed by atoms with van der Waals surface area (Å²) in [5.74, 6) is 0. The topological polar surface area (TPSA) is 15.3 Å². The van der Waals surface area contributed by atoms with Crippen LogP contribution in [0.2, 0.25) is 0 Å². The normalized spacial score (nSPS) is 28.2. The third-order valence-corrected chi connectivity index (χ3v) is 5.32. The Labute approximate surface area is 107 Å². The molecule has 0 aliphatic carbocycles. The minimum atomic E-state index is 0.415. The van der Waals surface area contributed by atoms with Crippen molar-refractivity contribution in [2.24, 2.45) is 10.8 Å². The lowest BCUT2D eigenvalue weighted by molar-refractivity contribution is 0.0230. The fraction of sp³-hybridized carbons (Fsp3) is 1.00. The highest BCUT2D eigenvalue weighted by Crippen LogP contribution is 2.41. The lowest BCUT2D eigenvalue weighted by atomic mass is 9.71. The Morgan fingerprint density at radius 2 is 1.53 bits per heavy atom. The van der Waals surface area contributed by atoms with Crippen LogP contribution in [-0.2, 0) is 0 Å². The van der Waals surface area contributed by atoms with E-state index in [1.807, 2.05) is 0 Å². The van der Waals surface area contributed by atoms with Crippen LogP contribution in [0.1, 0.15) is 53.4 Å². The van der Waals surface area contributed by atoms with E-state index in [1.54, 1.807) is 0 Å². The summed E-state index contributed by atoms with van der Waals surface area (Å²) >= 11 is 0. The van der Waals surface area contributed by atoms with Gasteiger partial charge in [-0.15, -0.1) is 0 Å². The van der Waals surface area contributed by atoms with Gasteiger partial charge in [-0.3, -0.25) is 0 Å². The van der Waals surface area contributed by atoms with Crippen LogP contribution >= 0.6 is 0 Å². The standard InChI is InChI=1S/C15H30N2/c1-13(14(2,3)4)17-11-7-15(8-12-17)5-9-16-10-6-15/h13,16H,5-12H2,1-4H3/t13-/m0/s1. The first-order valence-corrected chi connectivity index (χ1v) is 7.38. The number of hydrogen-bond donors (Lipinski definition) is 1. The summed E-state index contributed by atoms with van der Waals surface area (Å²) in [4.78, 5) is 2.72. The van der Waals surface area contributed by atoms with E-state index >= 15 is 0 Å². The molecule has 100 valence electrons. The molecule has 2 heteroatoms. The number of rotatable bonds is 1. The van der Waals surface area contributed by atoms with Crippen molar-refractivity contribution in [1.29, 1.82) is 0 Å². The van der Waals surface area contributed by atoms with Crippen molar-refractivity contribution in [1.82, 2.24) is 10.2 Å². The number of likely N-dealkylation sites (tertiary alicyclic amines) is 1. The second-order valence-corrected chi connectivity index (χ2v) is 7.33. The molecule has 2 nitrogen and oxygen atoms in total. The molecular weight excluding hydrogens is 208 g/mol. The molecule has 2 aliphatic rings. The van der Waals surface area contributed by atoms with Crippen molar-refractivity contribution in [3.05, 3.63) is 0 Å². The van der Waals surface area contributed by atoms with Gasteiger partial charge in [0.25, 0.3) is 0 Å². The highest BCUT2D eigenvalue weighted by molar-refractivity contribution is 4.92. The van der Waals surface area contributed by atoms with E-state index in [0.29, 0.717) is 16.9 Å². The van der Waals surface area contributed by atoms with Crippen LogP contribution in [0.5, 0.6) is 0 Å². The molecule has 2 fully saturated rings. The minimum Gasteiger partial charge on any atom is -0.317 e. The van der Waals surface area contributed by atoms with Gasteiger partial charge in [-0.2, -0.15) is 0 Å². The van der Waals surface area contributed by atoms with E-state index in [-0.39, 0.29) is 0 Å². The van der Waals surface area contributed by atoms with Gasteiger partial charge in [0.05, 0.1) is 0 Å². The van der Waals surface area contributed by atoms with Crippen molar-refractivity contribution >= 4 is 0 Å². The van der Waals surface area contributed by atoms with Crippen LogP contribution in [0.4, 0.5) is 0 Å². The van der Waals surface area contributed by atoms with Gasteiger partial charge in [0.15, 0.2) is 0 Å². The summed E-state index contributed by atoms with van der Waals surface area (Å²) in [7, 11) is 0. The molecule has 0 aromatic rings. The third-order valence-electron chi connectivity index (χ3n) is 5.32. The van der Waals surface area contributed by atoms with Gasteiger partial charge in [0, 0.05) is 6.04 Å². The Morgan fingerprint density at radius 1 is 1.00 bits per heavy atom. The summed E-state index contributed by atoms with van der Waals surface area (Å²) in [5, 5.41) is 3.50. The maximum Gasteiger partial charge on any atom is 0.0115 e. The van der Waals surface area contributed by atoms with E-state index in [0.717, 1.165) is 0 Å². The van der Waals surface area contributed by atoms with Gasteiger partial charge < -0.3 is 10.2 Å². The van der Waals surface area contributed by atoms with Crippen LogP contribution in [0, 0.1) is 10.8 Å². The van der Waals surface area contributed by atoms with Crippen LogP contribution in [0.25, 0.3) is 0 Å². The second kappa shape index (κ2) is 4.89. The van der Waals surface area contributed by atoms with Gasteiger partial charge in [-0.25, -0.2) is 0 Å². The Morgan fingerprint density at radius 3 is 2.00 bits per heavy atom. The molecule has 2 aliphatic heterocycles. The molecule has 1 N–H and O–H groups in total. The van der Waals surface area contributed by atoms with E-state index < -0.39 is 0 Å². The van der Waals surface area contributed by atoms with Gasteiger partial charge in [-0.1, -0.05) is 20.8 Å². The number of nitrogens with one attached hydrogen (secondary N) is 1. The summed E-state index contributed by atoms with van der Waals surface area (Å²) in [6.45, 7) is 14.6. The average molecular weight is 238 g/mol. The number of hydrogen-bond acceptors (Lipinski definition) is 2. The van der Waals surface area contributed by atoms with Gasteiger partial charge >= 0.3 is 0 Å². The monoisotopic (exact) mass is 238 g/mol. The zero-order chi connectivity index (χ0) is 12.5. The predicted molar refractivity (Wildman–Crippen MR) is 74.3 cm³/mol. The zero-order valence-electron chi connectivity index (χ0n) is 12.2. The van der Waals surface area contributed by atoms with Crippen LogP contribution in [0.15, 0.2) is 0 Å². The fourth-order valence-corrected chi connectivity index (χ4v) is 3.39. The summed E-state index contributed by atoms with van der Waals surface area (Å²) in [5.41, 5.74) is 1.11. The van der Waals surface area contributed by atoms with Gasteiger partial charge in [0.1, 0.15) is 0 Å². The Hall–Kier alpha value is -0.0800. The van der Waals surface area contributed by atoms with Crippen molar-refractivity contribution in [3.63, 3.8) is 0 Å². The molecule has 0 unspecified atom stereocenters. The molecule has 2 heterocycles. The number of nitrogens with zero attached hydrogens (tertiary/aromatic N) is 1. The first kappa shape index (κ1) is 13.4. The molecule has 0 radical (unpaired) electrons. The van der Waals surface area contributed by atoms with E-state index in [2.05, 4.69) is 37.9 Å². The predicted octanol–water partition coefficient (Wildman–Crippen LogP) is 2.89. The summed E-state index contributed by atoms with van der Waals surface area (Å²) in [6, 6.07) is 0.710. The minimum absolute atomic E-state index is 0.415. The smallest absolute Gasteiger partial charge is 0.0115 e. The molecule has 0 saturated carbocycles. The molecule has 0 aromatic heterocycles. The third kappa shape index (κ3) is 3.03. The molecule has 0 bridgehead atoms. The van der Waals surface area contributed by atoms with E-state index in [1.165, 1.54) is 51.9 Å². The Kier molecular flexibility index (Phi) is 3.84. The average Bonchev–Trinajstić information content (AvgIpc) is 2.29. The zero-order valence-corrected chi connectivity index (χ0v) is 12.2. The molecule has 2 saturated heterocycles. The molecule has 1 spiro atoms. The summed E-state index contributed by atoms with van der Waals surface area (Å²) < 4.78 is 0. The van der Waals surface area contributed by atoms with Crippen molar-refractivity contribution < 1.29 is 0 Å². The molecular formula is C15H30N2. The maximum absolute atomic E-state index is 3.50. The largest absolute Gasteiger partial charge is 0.317 e. The van der Waals surface area contributed by atoms with Crippen molar-refractivity contribution in [3.8, 4) is 0 Å². The highest BCUT2D eigenvalue weighted by Gasteiger charge is 2.38. The summed E-state index contributed by atoms with van der Waals surface area (Å²) in [6.07, 6.45) is 5.67. The van der Waals surface area contributed by atoms with E-state index in [9.17, 15) is 0 Å². The molecule has 0 amide bonds. The quantitative estimate of drug-likeness (QED) is 0.755. The Balaban J connectivity index is 1.89. The molecule has 17 heavy (non-hydrogen) atoms. The first-order chi connectivity index (χ1) is 7.93. The first-order valence-electron chi connectivity index (χ1n) is 7.38. The Bertz CT molecular complexity index is 238. The second-order valence-electron chi connectivity index (χ2n) is 7.33. The fourth-order valence-electron chi connectivity index (χ4n) is 3.39. The highest BCUT2D eigenvalue weighted by atomic mass is 15.2. The van der Waals surface area contributed by atoms with Crippen LogP contribution in [-0.4, -0.2) is 37.1 Å². The van der Waals surface area contributed by atoms with Crippen molar-refractivity contribution in [2.75, 3.05) is 26.2 Å². The SMILES string of the molecule is C[C@H](N1CCC2(CCNCC2)CC1)C(C)(C)C. The molecule has 2 rings (SSSR count).